The summed E-state index contributed by atoms with van der Waals surface area (Å²) in [6, 6.07) is 8.22. The van der Waals surface area contributed by atoms with E-state index in [0.29, 0.717) is 11.2 Å². The second kappa shape index (κ2) is 6.86. The molecule has 0 saturated carbocycles. The lowest BCUT2D eigenvalue weighted by molar-refractivity contribution is 0.294. The maximum Gasteiger partial charge on any atom is 0.159 e. The van der Waals surface area contributed by atoms with Gasteiger partial charge in [-0.15, -0.1) is 10.2 Å². The number of nitrogens with one attached hydrogen (secondary N) is 1. The van der Waals surface area contributed by atoms with Gasteiger partial charge in [-0.05, 0) is 20.0 Å². The van der Waals surface area contributed by atoms with Gasteiger partial charge in [-0.2, -0.15) is 0 Å². The fraction of sp³-hybridized carbons (Fsp3) is 0.467. The summed E-state index contributed by atoms with van der Waals surface area (Å²) in [4.78, 5) is 2.38. The van der Waals surface area contributed by atoms with Gasteiger partial charge in [0.05, 0.1) is 0 Å². The summed E-state index contributed by atoms with van der Waals surface area (Å²) in [7, 11) is 0. The van der Waals surface area contributed by atoms with Crippen LogP contribution in [0.3, 0.4) is 0 Å². The van der Waals surface area contributed by atoms with Crippen molar-refractivity contribution in [1.82, 2.24) is 15.1 Å². The first kappa shape index (κ1) is 15.0. The minimum Gasteiger partial charge on any atom is -0.364 e. The Bertz CT molecular complexity index is 569. The second-order valence-electron chi connectivity index (χ2n) is 4.92. The minimum atomic E-state index is 0.300. The molecule has 0 aliphatic rings. The van der Waals surface area contributed by atoms with Crippen LogP contribution in [0.15, 0.2) is 24.3 Å². The molecule has 0 saturated heterocycles. The summed E-state index contributed by atoms with van der Waals surface area (Å²) in [5.74, 6) is 0.796. The van der Waals surface area contributed by atoms with Crippen molar-refractivity contribution in [2.45, 2.75) is 26.8 Å². The molecular formula is C15H21ClN4. The fourth-order valence-electron chi connectivity index (χ4n) is 2.33. The van der Waals surface area contributed by atoms with Crippen LogP contribution < -0.4 is 5.32 Å². The molecule has 108 valence electrons. The molecule has 0 spiro atoms. The number of nitrogens with zero attached hydrogens (tertiary/aromatic N) is 3. The maximum absolute atomic E-state index is 6.09. The first-order valence-corrected chi connectivity index (χ1v) is 7.43. The highest BCUT2D eigenvalue weighted by molar-refractivity contribution is 6.34. The summed E-state index contributed by atoms with van der Waals surface area (Å²) >= 11 is 6.09. The van der Waals surface area contributed by atoms with Crippen molar-refractivity contribution in [2.24, 2.45) is 0 Å². The quantitative estimate of drug-likeness (QED) is 0.886. The van der Waals surface area contributed by atoms with Gasteiger partial charge >= 0.3 is 0 Å². The Morgan fingerprint density at radius 1 is 1.15 bits per heavy atom. The minimum absolute atomic E-state index is 0.300. The Labute approximate surface area is 125 Å². The van der Waals surface area contributed by atoms with Crippen LogP contribution in [-0.4, -0.2) is 40.8 Å². The molecule has 1 unspecified atom stereocenters. The number of anilines is 1. The standard InChI is InChI=1S/C15H21ClN4/c1-4-20(5-2)10-11(3)17-15-13-9-7-6-8-12(13)14(16)18-19-15/h6-9,11H,4-5,10H2,1-3H3,(H,17,19). The Balaban J connectivity index is 2.19. The second-order valence-corrected chi connectivity index (χ2v) is 5.27. The van der Waals surface area contributed by atoms with Crippen LogP contribution in [0.1, 0.15) is 20.8 Å². The van der Waals surface area contributed by atoms with E-state index in [0.717, 1.165) is 36.2 Å². The highest BCUT2D eigenvalue weighted by atomic mass is 35.5. The first-order valence-electron chi connectivity index (χ1n) is 7.05. The number of rotatable bonds is 6. The number of likely N-dealkylation sites (N-methyl/N-ethyl adjacent to an activating group) is 1. The van der Waals surface area contributed by atoms with Gasteiger partial charge in [-0.3, -0.25) is 0 Å². The van der Waals surface area contributed by atoms with Crippen LogP contribution in [-0.2, 0) is 0 Å². The molecule has 0 amide bonds. The number of aromatic nitrogens is 2. The Morgan fingerprint density at radius 3 is 2.45 bits per heavy atom. The normalized spacial score (nSPS) is 12.8. The lowest BCUT2D eigenvalue weighted by atomic mass is 10.2. The van der Waals surface area contributed by atoms with Crippen molar-refractivity contribution in [3.05, 3.63) is 29.4 Å². The number of fused-ring (bicyclic) bond motifs is 1. The summed E-state index contributed by atoms with van der Waals surface area (Å²) < 4.78 is 0. The zero-order valence-corrected chi connectivity index (χ0v) is 13.0. The van der Waals surface area contributed by atoms with Gasteiger partial charge in [0.1, 0.15) is 0 Å². The molecule has 1 heterocycles. The smallest absolute Gasteiger partial charge is 0.159 e. The third kappa shape index (κ3) is 3.38. The first-order chi connectivity index (χ1) is 9.65. The molecule has 0 aliphatic carbocycles. The number of halogens is 1. The van der Waals surface area contributed by atoms with E-state index >= 15 is 0 Å². The molecule has 5 heteroatoms. The van der Waals surface area contributed by atoms with Crippen LogP contribution in [0.25, 0.3) is 10.8 Å². The molecule has 2 rings (SSSR count). The van der Waals surface area contributed by atoms with Gasteiger partial charge in [0, 0.05) is 23.4 Å². The zero-order chi connectivity index (χ0) is 14.5. The molecule has 1 aromatic carbocycles. The SMILES string of the molecule is CCN(CC)CC(C)Nc1nnc(Cl)c2ccccc12. The molecular weight excluding hydrogens is 272 g/mol. The third-order valence-corrected chi connectivity index (χ3v) is 3.73. The lowest BCUT2D eigenvalue weighted by Crippen LogP contribution is -2.35. The highest BCUT2D eigenvalue weighted by Gasteiger charge is 2.11. The largest absolute Gasteiger partial charge is 0.364 e. The lowest BCUT2D eigenvalue weighted by Gasteiger charge is -2.24. The average Bonchev–Trinajstić information content (AvgIpc) is 2.48. The molecule has 1 N–H and O–H groups in total. The van der Waals surface area contributed by atoms with Crippen molar-refractivity contribution in [1.29, 1.82) is 0 Å². The average molecular weight is 293 g/mol. The highest BCUT2D eigenvalue weighted by Crippen LogP contribution is 2.25. The molecule has 1 atom stereocenters. The number of hydrogen-bond donors (Lipinski definition) is 1. The molecule has 4 nitrogen and oxygen atoms in total. The van der Waals surface area contributed by atoms with E-state index in [1.54, 1.807) is 0 Å². The molecule has 2 aromatic rings. The van der Waals surface area contributed by atoms with E-state index < -0.39 is 0 Å². The van der Waals surface area contributed by atoms with Crippen LogP contribution in [0.2, 0.25) is 5.15 Å². The Hall–Kier alpha value is -1.39. The fourth-order valence-corrected chi connectivity index (χ4v) is 2.53. The third-order valence-electron chi connectivity index (χ3n) is 3.45. The van der Waals surface area contributed by atoms with Crippen molar-refractivity contribution in [3.63, 3.8) is 0 Å². The van der Waals surface area contributed by atoms with Gasteiger partial charge in [0.25, 0.3) is 0 Å². The summed E-state index contributed by atoms with van der Waals surface area (Å²) in [6.07, 6.45) is 0. The monoisotopic (exact) mass is 292 g/mol. The summed E-state index contributed by atoms with van der Waals surface area (Å²) in [6.45, 7) is 9.58. The van der Waals surface area contributed by atoms with Crippen molar-refractivity contribution < 1.29 is 0 Å². The van der Waals surface area contributed by atoms with E-state index in [1.807, 2.05) is 24.3 Å². The van der Waals surface area contributed by atoms with Crippen molar-refractivity contribution >= 4 is 28.2 Å². The van der Waals surface area contributed by atoms with Crippen LogP contribution >= 0.6 is 11.6 Å². The molecule has 0 aliphatic heterocycles. The summed E-state index contributed by atoms with van der Waals surface area (Å²) in [5, 5.41) is 14.0. The van der Waals surface area contributed by atoms with Gasteiger partial charge < -0.3 is 10.2 Å². The predicted molar refractivity (Wildman–Crippen MR) is 85.4 cm³/mol. The van der Waals surface area contributed by atoms with E-state index in [2.05, 4.69) is 41.2 Å². The van der Waals surface area contributed by atoms with E-state index in [9.17, 15) is 0 Å². The molecule has 0 bridgehead atoms. The van der Waals surface area contributed by atoms with Crippen LogP contribution in [0.4, 0.5) is 5.82 Å². The summed E-state index contributed by atoms with van der Waals surface area (Å²) in [5.41, 5.74) is 0. The van der Waals surface area contributed by atoms with Gasteiger partial charge in [-0.1, -0.05) is 49.7 Å². The van der Waals surface area contributed by atoms with E-state index in [1.165, 1.54) is 0 Å². The zero-order valence-electron chi connectivity index (χ0n) is 12.2. The topological polar surface area (TPSA) is 41.0 Å². The molecule has 0 radical (unpaired) electrons. The Kier molecular flexibility index (Phi) is 5.15. The van der Waals surface area contributed by atoms with Crippen LogP contribution in [0.5, 0.6) is 0 Å². The van der Waals surface area contributed by atoms with Gasteiger partial charge in [-0.25, -0.2) is 0 Å². The van der Waals surface area contributed by atoms with Crippen molar-refractivity contribution in [3.8, 4) is 0 Å². The van der Waals surface area contributed by atoms with Crippen LogP contribution in [0, 0.1) is 0 Å². The number of benzene rings is 1. The van der Waals surface area contributed by atoms with Gasteiger partial charge in [0.2, 0.25) is 0 Å². The molecule has 0 fully saturated rings. The predicted octanol–water partition coefficient (Wildman–Crippen LogP) is 3.43. The van der Waals surface area contributed by atoms with E-state index in [-0.39, 0.29) is 0 Å². The Morgan fingerprint density at radius 2 is 1.80 bits per heavy atom. The maximum atomic E-state index is 6.09. The van der Waals surface area contributed by atoms with Crippen molar-refractivity contribution in [2.75, 3.05) is 25.0 Å². The number of hydrogen-bond acceptors (Lipinski definition) is 4. The molecule has 20 heavy (non-hydrogen) atoms. The van der Waals surface area contributed by atoms with E-state index in [4.69, 9.17) is 11.6 Å². The molecule has 1 aromatic heterocycles. The van der Waals surface area contributed by atoms with Gasteiger partial charge in [0.15, 0.2) is 11.0 Å².